The van der Waals surface area contributed by atoms with Crippen molar-refractivity contribution in [1.29, 1.82) is 0 Å². The summed E-state index contributed by atoms with van der Waals surface area (Å²) in [5.41, 5.74) is 0.531. The van der Waals surface area contributed by atoms with Crippen LogP contribution in [0.2, 0.25) is 0 Å². The first-order chi connectivity index (χ1) is 14.0. The van der Waals surface area contributed by atoms with Crippen molar-refractivity contribution in [3.63, 3.8) is 0 Å². The lowest BCUT2D eigenvalue weighted by molar-refractivity contribution is -0.142. The summed E-state index contributed by atoms with van der Waals surface area (Å²) in [4.78, 5) is 38.6. The van der Waals surface area contributed by atoms with Crippen LogP contribution in [-0.2, 0) is 14.4 Å². The van der Waals surface area contributed by atoms with E-state index in [1.54, 1.807) is 18.2 Å². The van der Waals surface area contributed by atoms with Crippen LogP contribution in [0.15, 0.2) is 30.4 Å². The first-order valence-electron chi connectivity index (χ1n) is 10.2. The second kappa shape index (κ2) is 9.58. The number of carbonyl (C=O) groups excluding carboxylic acids is 3. The fourth-order valence-electron chi connectivity index (χ4n) is 3.61. The van der Waals surface area contributed by atoms with Crippen molar-refractivity contribution < 1.29 is 23.9 Å². The average Bonchev–Trinajstić information content (AvgIpc) is 2.96. The van der Waals surface area contributed by atoms with Crippen molar-refractivity contribution in [2.75, 3.05) is 25.1 Å². The first kappa shape index (κ1) is 20.9. The lowest BCUT2D eigenvalue weighted by Crippen LogP contribution is -2.38. The smallest absolute Gasteiger partial charge is 0.244 e. The molecule has 3 amide bonds. The van der Waals surface area contributed by atoms with Crippen molar-refractivity contribution in [3.8, 4) is 11.5 Å². The number of imide groups is 1. The maximum Gasteiger partial charge on any atom is 0.244 e. The van der Waals surface area contributed by atoms with Gasteiger partial charge in [0, 0.05) is 11.8 Å². The molecule has 0 aromatic heterocycles. The van der Waals surface area contributed by atoms with E-state index in [1.807, 2.05) is 26.0 Å². The van der Waals surface area contributed by atoms with Crippen molar-refractivity contribution in [2.24, 2.45) is 11.8 Å². The summed E-state index contributed by atoms with van der Waals surface area (Å²) >= 11 is 0. The lowest BCUT2D eigenvalue weighted by Gasteiger charge is -2.16. The van der Waals surface area contributed by atoms with Crippen LogP contribution in [0.4, 0.5) is 5.69 Å². The normalized spacial score (nSPS) is 20.6. The third-order valence-electron chi connectivity index (χ3n) is 5.05. The van der Waals surface area contributed by atoms with E-state index < -0.39 is 5.91 Å². The molecular weight excluding hydrogens is 372 g/mol. The van der Waals surface area contributed by atoms with Crippen LogP contribution in [0.25, 0.3) is 0 Å². The summed E-state index contributed by atoms with van der Waals surface area (Å²) in [6, 6.07) is 5.18. The molecule has 0 spiro atoms. The van der Waals surface area contributed by atoms with Gasteiger partial charge >= 0.3 is 0 Å². The van der Waals surface area contributed by atoms with Crippen LogP contribution in [0.5, 0.6) is 11.5 Å². The third kappa shape index (κ3) is 4.78. The molecule has 1 aromatic carbocycles. The molecule has 29 heavy (non-hydrogen) atoms. The van der Waals surface area contributed by atoms with E-state index in [1.165, 1.54) is 0 Å². The Labute approximate surface area is 171 Å². The molecule has 2 unspecified atom stereocenters. The maximum absolute atomic E-state index is 12.5. The number of hydrogen-bond acceptors (Lipinski definition) is 5. The number of rotatable bonds is 9. The molecule has 7 heteroatoms. The Morgan fingerprint density at radius 2 is 1.59 bits per heavy atom. The van der Waals surface area contributed by atoms with Gasteiger partial charge in [-0.05, 0) is 37.8 Å². The zero-order valence-corrected chi connectivity index (χ0v) is 17.0. The third-order valence-corrected chi connectivity index (χ3v) is 5.05. The van der Waals surface area contributed by atoms with Crippen molar-refractivity contribution in [3.05, 3.63) is 30.4 Å². The number of benzene rings is 1. The number of nitrogens with one attached hydrogen (secondary N) is 1. The van der Waals surface area contributed by atoms with E-state index in [2.05, 4.69) is 5.32 Å². The van der Waals surface area contributed by atoms with E-state index in [4.69, 9.17) is 9.47 Å². The monoisotopic (exact) mass is 400 g/mol. The highest BCUT2D eigenvalue weighted by Crippen LogP contribution is 2.35. The number of amides is 3. The number of fused-ring (bicyclic) bond motifs is 1. The van der Waals surface area contributed by atoms with Crippen LogP contribution in [-0.4, -0.2) is 42.4 Å². The number of allylic oxidation sites excluding steroid dienone is 2. The predicted molar refractivity (Wildman–Crippen MR) is 109 cm³/mol. The fraction of sp³-hybridized carbons (Fsp3) is 0.500. The molecule has 0 saturated carbocycles. The van der Waals surface area contributed by atoms with Gasteiger partial charge in [-0.15, -0.1) is 0 Å². The predicted octanol–water partition coefficient (Wildman–Crippen LogP) is 3.15. The Morgan fingerprint density at radius 3 is 2.17 bits per heavy atom. The molecule has 1 N–H and O–H groups in total. The minimum atomic E-state index is -0.415. The molecule has 1 saturated heterocycles. The van der Waals surface area contributed by atoms with Crippen molar-refractivity contribution in [1.82, 2.24) is 4.90 Å². The quantitative estimate of drug-likeness (QED) is 0.508. The average molecular weight is 400 g/mol. The molecule has 1 aromatic rings. The SMILES string of the molecule is CCCOc1ccc(NC(=O)CN2C(=O)C3CC=CCC3C2=O)cc1OCCC. The Bertz CT molecular complexity index is 778. The van der Waals surface area contributed by atoms with Gasteiger partial charge in [0.05, 0.1) is 25.0 Å². The molecule has 7 nitrogen and oxygen atoms in total. The molecule has 1 heterocycles. The van der Waals surface area contributed by atoms with Gasteiger partial charge in [-0.3, -0.25) is 19.3 Å². The van der Waals surface area contributed by atoms with E-state index in [-0.39, 0.29) is 30.2 Å². The Kier molecular flexibility index (Phi) is 6.90. The van der Waals surface area contributed by atoms with Crippen LogP contribution in [0, 0.1) is 11.8 Å². The van der Waals surface area contributed by atoms with Crippen LogP contribution < -0.4 is 14.8 Å². The number of nitrogens with zero attached hydrogens (tertiary/aromatic N) is 1. The highest BCUT2D eigenvalue weighted by molar-refractivity contribution is 6.08. The van der Waals surface area contributed by atoms with E-state index in [9.17, 15) is 14.4 Å². The highest BCUT2D eigenvalue weighted by Gasteiger charge is 2.47. The summed E-state index contributed by atoms with van der Waals surface area (Å²) in [7, 11) is 0. The maximum atomic E-state index is 12.5. The van der Waals surface area contributed by atoms with Crippen LogP contribution >= 0.6 is 0 Å². The molecule has 1 aliphatic carbocycles. The molecule has 0 radical (unpaired) electrons. The molecule has 2 aliphatic rings. The first-order valence-corrected chi connectivity index (χ1v) is 10.2. The zero-order chi connectivity index (χ0) is 20.8. The van der Waals surface area contributed by atoms with Gasteiger partial charge in [-0.25, -0.2) is 0 Å². The summed E-state index contributed by atoms with van der Waals surface area (Å²) in [6.45, 7) is 4.87. The minimum absolute atomic E-state index is 0.255. The summed E-state index contributed by atoms with van der Waals surface area (Å²) in [5.74, 6) is -0.400. The molecule has 1 fully saturated rings. The Hall–Kier alpha value is -2.83. The standard InChI is InChI=1S/C22H28N2O5/c1-3-11-28-18-10-9-15(13-19(18)29-12-4-2)23-20(25)14-24-21(26)16-7-5-6-8-17(16)22(24)27/h5-6,9-10,13,16-17H,3-4,7-8,11-12,14H2,1-2H3,(H,23,25). The number of carbonyl (C=O) groups is 3. The zero-order valence-electron chi connectivity index (χ0n) is 17.0. The van der Waals surface area contributed by atoms with Gasteiger partial charge in [0.15, 0.2) is 11.5 Å². The van der Waals surface area contributed by atoms with Gasteiger partial charge in [0.25, 0.3) is 0 Å². The number of anilines is 1. The topological polar surface area (TPSA) is 84.9 Å². The molecule has 0 bridgehead atoms. The highest BCUT2D eigenvalue weighted by atomic mass is 16.5. The minimum Gasteiger partial charge on any atom is -0.490 e. The number of ether oxygens (including phenoxy) is 2. The van der Waals surface area contributed by atoms with E-state index in [0.717, 1.165) is 17.7 Å². The molecule has 156 valence electrons. The second-order valence-electron chi connectivity index (χ2n) is 7.33. The van der Waals surface area contributed by atoms with Gasteiger partial charge < -0.3 is 14.8 Å². The molecular formula is C22H28N2O5. The fourth-order valence-corrected chi connectivity index (χ4v) is 3.61. The van der Waals surface area contributed by atoms with Crippen LogP contribution in [0.3, 0.4) is 0 Å². The van der Waals surface area contributed by atoms with Gasteiger partial charge in [-0.2, -0.15) is 0 Å². The van der Waals surface area contributed by atoms with Gasteiger partial charge in [-0.1, -0.05) is 26.0 Å². The van der Waals surface area contributed by atoms with Crippen molar-refractivity contribution in [2.45, 2.75) is 39.5 Å². The Morgan fingerprint density at radius 1 is 1.00 bits per heavy atom. The molecule has 2 atom stereocenters. The molecule has 1 aliphatic heterocycles. The lowest BCUT2D eigenvalue weighted by atomic mass is 9.85. The van der Waals surface area contributed by atoms with Crippen LogP contribution in [0.1, 0.15) is 39.5 Å². The molecule has 3 rings (SSSR count). The largest absolute Gasteiger partial charge is 0.490 e. The number of hydrogen-bond donors (Lipinski definition) is 1. The van der Waals surface area contributed by atoms with Crippen molar-refractivity contribution >= 4 is 23.4 Å². The van der Waals surface area contributed by atoms with E-state index >= 15 is 0 Å². The summed E-state index contributed by atoms with van der Waals surface area (Å²) in [6.07, 6.45) is 6.70. The summed E-state index contributed by atoms with van der Waals surface area (Å²) < 4.78 is 11.4. The van der Waals surface area contributed by atoms with E-state index in [0.29, 0.717) is 43.2 Å². The second-order valence-corrected chi connectivity index (χ2v) is 7.33. The Balaban J connectivity index is 1.65. The number of likely N-dealkylation sites (tertiary alicyclic amines) is 1. The summed E-state index contributed by atoms with van der Waals surface area (Å²) in [5, 5.41) is 2.76. The van der Waals surface area contributed by atoms with Gasteiger partial charge in [0.2, 0.25) is 17.7 Å². The van der Waals surface area contributed by atoms with Gasteiger partial charge in [0.1, 0.15) is 6.54 Å².